The Bertz CT molecular complexity index is 2620. The number of benzene rings is 4. The van der Waals surface area contributed by atoms with Gasteiger partial charge in [-0.3, -0.25) is 9.36 Å². The normalized spacial score (nSPS) is 11.6. The summed E-state index contributed by atoms with van der Waals surface area (Å²) in [6, 6.07) is 22.7. The average molecular weight is 873 g/mol. The van der Waals surface area contributed by atoms with Gasteiger partial charge in [-0.2, -0.15) is 5.10 Å². The Morgan fingerprint density at radius 3 is 1.64 bits per heavy atom. The van der Waals surface area contributed by atoms with Crippen molar-refractivity contribution in [3.8, 4) is 34.4 Å². The van der Waals surface area contributed by atoms with Gasteiger partial charge in [-0.25, -0.2) is 50.1 Å². The van der Waals surface area contributed by atoms with Crippen LogP contribution in [0.5, 0.6) is 23.0 Å². The number of aromatic amines is 1. The van der Waals surface area contributed by atoms with Crippen LogP contribution in [0.1, 0.15) is 56.8 Å². The number of nitrogens with two attached hydrogens (primary N) is 2. The third kappa shape index (κ3) is 13.1. The molecule has 21 heteroatoms. The molecule has 0 aliphatic heterocycles. The Labute approximate surface area is 343 Å². The number of primary sulfonamides is 2. The quantitative estimate of drug-likeness (QED) is 0.0638. The third-order valence-corrected chi connectivity index (χ3v) is 10.6. The second kappa shape index (κ2) is 20.3. The van der Waals surface area contributed by atoms with E-state index >= 15 is 0 Å². The molecule has 18 nitrogen and oxygen atoms in total. The fourth-order valence-corrected chi connectivity index (χ4v) is 7.29. The molecule has 0 spiro atoms. The van der Waals surface area contributed by atoms with Crippen LogP contribution in [0.2, 0.25) is 0 Å². The van der Waals surface area contributed by atoms with Crippen molar-refractivity contribution < 1.29 is 39.5 Å². The number of para-hydroxylation sites is 2. The monoisotopic (exact) mass is 872 g/mol. The molecule has 0 fully saturated rings. The molecule has 1 aromatic heterocycles. The Hall–Kier alpha value is -5.74. The Morgan fingerprint density at radius 1 is 0.729 bits per heavy atom. The van der Waals surface area contributed by atoms with Gasteiger partial charge in [0, 0.05) is 30.8 Å². The molecule has 0 saturated heterocycles. The predicted octanol–water partition coefficient (Wildman–Crippen LogP) is 4.94. The first-order valence-corrected chi connectivity index (χ1v) is 23.4. The molecule has 0 aliphatic carbocycles. The molecule has 4 aromatic carbocycles. The lowest BCUT2D eigenvalue weighted by Gasteiger charge is -2.18. The summed E-state index contributed by atoms with van der Waals surface area (Å²) in [6.45, 7) is 7.29. The van der Waals surface area contributed by atoms with Crippen LogP contribution >= 0.6 is 0 Å². The second-order valence-corrected chi connectivity index (χ2v) is 17.8. The number of H-pyrrole nitrogens is 1. The topological polar surface area (TPSA) is 277 Å². The Kier molecular flexibility index (Phi) is 15.8. The summed E-state index contributed by atoms with van der Waals surface area (Å²) in [4.78, 5) is 23.7. The van der Waals surface area contributed by atoms with Gasteiger partial charge in [-0.05, 0) is 68.3 Å². The number of hydrogen-bond donors (Lipinski definition) is 6. The molecule has 1 heterocycles. The van der Waals surface area contributed by atoms with Gasteiger partial charge in [0.1, 0.15) is 21.3 Å². The van der Waals surface area contributed by atoms with Gasteiger partial charge < -0.3 is 20.1 Å². The van der Waals surface area contributed by atoms with Crippen molar-refractivity contribution >= 4 is 47.4 Å². The lowest BCUT2D eigenvalue weighted by Crippen LogP contribution is -2.29. The number of nitrogens with one attached hydrogen (secondary N) is 4. The molecule has 5 rings (SSSR count). The van der Waals surface area contributed by atoms with Crippen LogP contribution in [-0.4, -0.2) is 65.3 Å². The molecule has 0 atom stereocenters. The number of ether oxygens (including phenoxy) is 2. The number of sulfonamides is 3. The highest BCUT2D eigenvalue weighted by atomic mass is 32.2. The van der Waals surface area contributed by atoms with Crippen molar-refractivity contribution in [2.45, 2.75) is 62.8 Å². The van der Waals surface area contributed by atoms with Crippen LogP contribution in [-0.2, 0) is 36.6 Å². The van der Waals surface area contributed by atoms with Crippen LogP contribution in [0.3, 0.4) is 0 Å². The summed E-state index contributed by atoms with van der Waals surface area (Å²) in [5, 5.41) is 23.6. The van der Waals surface area contributed by atoms with Crippen LogP contribution < -0.4 is 40.8 Å². The summed E-state index contributed by atoms with van der Waals surface area (Å²) in [6.07, 6.45) is 4.30. The molecule has 0 bridgehead atoms. The van der Waals surface area contributed by atoms with E-state index in [1.807, 2.05) is 13.0 Å². The van der Waals surface area contributed by atoms with Crippen molar-refractivity contribution in [3.05, 3.63) is 101 Å². The fraction of sp³-hybridized carbons (Fsp3) is 0.289. The smallest absolute Gasteiger partial charge is 0.343 e. The van der Waals surface area contributed by atoms with E-state index < -0.39 is 40.9 Å². The van der Waals surface area contributed by atoms with Crippen molar-refractivity contribution in [2.75, 3.05) is 30.0 Å². The molecule has 318 valence electrons. The number of rotatable bonds is 18. The van der Waals surface area contributed by atoms with Crippen molar-refractivity contribution in [2.24, 2.45) is 10.3 Å². The minimum atomic E-state index is -4.30. The van der Waals surface area contributed by atoms with Gasteiger partial charge in [0.2, 0.25) is 30.1 Å². The SMILES string of the molecule is CCCCNc1cc(-c2n[nH]c(=O)n2CC)cc(S(N)(=O)=O)c1Oc1ccccc1.CCCCNc1cc(C(=O)NS(C)(=O)=O)cc(S(N)(=O)=O)c1Oc1ccccc1. The van der Waals surface area contributed by atoms with Gasteiger partial charge >= 0.3 is 5.69 Å². The van der Waals surface area contributed by atoms with Crippen molar-refractivity contribution in [1.82, 2.24) is 19.5 Å². The molecule has 0 radical (unpaired) electrons. The number of carbonyl (C=O) groups is 1. The molecule has 0 aliphatic rings. The molecule has 0 saturated carbocycles. The average Bonchev–Trinajstić information content (AvgIpc) is 3.55. The summed E-state index contributed by atoms with van der Waals surface area (Å²) >= 11 is 0. The van der Waals surface area contributed by atoms with E-state index in [2.05, 4.69) is 27.8 Å². The first kappa shape index (κ1) is 46.0. The lowest BCUT2D eigenvalue weighted by molar-refractivity contribution is 0.0981. The van der Waals surface area contributed by atoms with Gasteiger partial charge in [-0.15, -0.1) is 0 Å². The Morgan fingerprint density at radius 2 is 1.20 bits per heavy atom. The first-order chi connectivity index (χ1) is 27.9. The number of aromatic nitrogens is 3. The number of nitrogens with zero attached hydrogens (tertiary/aromatic N) is 2. The van der Waals surface area contributed by atoms with E-state index in [1.54, 1.807) is 72.3 Å². The zero-order chi connectivity index (χ0) is 43.4. The molecule has 59 heavy (non-hydrogen) atoms. The van der Waals surface area contributed by atoms with E-state index in [9.17, 15) is 34.8 Å². The zero-order valence-corrected chi connectivity index (χ0v) is 35.3. The molecule has 1 amide bonds. The van der Waals surface area contributed by atoms with E-state index in [-0.39, 0.29) is 33.3 Å². The Balaban J connectivity index is 0.000000261. The predicted molar refractivity (Wildman–Crippen MR) is 225 cm³/mol. The minimum absolute atomic E-state index is 0.0780. The summed E-state index contributed by atoms with van der Waals surface area (Å²) in [5.41, 5.74) is 0.506. The third-order valence-electron chi connectivity index (χ3n) is 8.21. The highest BCUT2D eigenvalue weighted by Gasteiger charge is 2.26. The summed E-state index contributed by atoms with van der Waals surface area (Å²) in [7, 11) is -12.3. The fourth-order valence-electron chi connectivity index (χ4n) is 5.43. The van der Waals surface area contributed by atoms with Gasteiger partial charge in [0.05, 0.1) is 17.6 Å². The summed E-state index contributed by atoms with van der Waals surface area (Å²) in [5.74, 6) is 0.192. The van der Waals surface area contributed by atoms with E-state index in [0.717, 1.165) is 38.0 Å². The van der Waals surface area contributed by atoms with Crippen LogP contribution in [0, 0.1) is 0 Å². The van der Waals surface area contributed by atoms with E-state index in [4.69, 9.17) is 19.8 Å². The molecule has 5 aromatic rings. The highest BCUT2D eigenvalue weighted by molar-refractivity contribution is 7.89. The van der Waals surface area contributed by atoms with Crippen molar-refractivity contribution in [1.29, 1.82) is 0 Å². The maximum absolute atomic E-state index is 12.4. The zero-order valence-electron chi connectivity index (χ0n) is 32.9. The molecule has 8 N–H and O–H groups in total. The second-order valence-electron chi connectivity index (χ2n) is 13.0. The lowest BCUT2D eigenvalue weighted by atomic mass is 10.1. The van der Waals surface area contributed by atoms with E-state index in [1.165, 1.54) is 16.7 Å². The number of unbranched alkanes of at least 4 members (excludes halogenated alkanes) is 2. The van der Waals surface area contributed by atoms with Gasteiger partial charge in [0.15, 0.2) is 17.3 Å². The molecular formula is C38H48N8O10S3. The standard InChI is InChI=1S/C20H25N5O4S.C18H23N3O6S2/c1-3-5-11-22-16-12-14(19-23-24-20(26)25(19)4-2)13-17(30(21,27)28)18(16)29-15-9-7-6-8-10-15;1-3-4-10-20-15-11-13(18(22)21-28(2,23)24)12-16(29(19,25)26)17(15)27-14-8-6-5-7-9-14/h6-10,12-13,22H,3-5,11H2,1-2H3,(H,24,26)(H2,21,27,28);5-9,11-12,20H,3-4,10H2,1-2H3,(H,21,22)(H2,19,25,26). The highest BCUT2D eigenvalue weighted by Crippen LogP contribution is 2.40. The number of anilines is 2. The molecule has 0 unspecified atom stereocenters. The van der Waals surface area contributed by atoms with Crippen LogP contribution in [0.4, 0.5) is 11.4 Å². The largest absolute Gasteiger partial charge is 0.454 e. The number of hydrogen-bond acceptors (Lipinski definition) is 13. The van der Waals surface area contributed by atoms with Crippen molar-refractivity contribution in [3.63, 3.8) is 0 Å². The van der Waals surface area contributed by atoms with Crippen LogP contribution in [0.15, 0.2) is 99.5 Å². The maximum Gasteiger partial charge on any atom is 0.343 e. The number of carbonyl (C=O) groups excluding carboxylic acids is 1. The summed E-state index contributed by atoms with van der Waals surface area (Å²) < 4.78 is 87.0. The van der Waals surface area contributed by atoms with E-state index in [0.29, 0.717) is 48.2 Å². The van der Waals surface area contributed by atoms with Gasteiger partial charge in [-0.1, -0.05) is 63.1 Å². The van der Waals surface area contributed by atoms with Crippen LogP contribution in [0.25, 0.3) is 11.4 Å². The number of amides is 1. The minimum Gasteiger partial charge on any atom is -0.454 e. The molecular weight excluding hydrogens is 825 g/mol. The first-order valence-electron chi connectivity index (χ1n) is 18.4. The maximum atomic E-state index is 12.4. The van der Waals surface area contributed by atoms with Gasteiger partial charge in [0.25, 0.3) is 5.91 Å².